The third-order valence-electron chi connectivity index (χ3n) is 4.69. The van der Waals surface area contributed by atoms with E-state index in [1.165, 1.54) is 11.1 Å². The second-order valence-corrected chi connectivity index (χ2v) is 8.81. The van der Waals surface area contributed by atoms with Crippen LogP contribution in [0.4, 0.5) is 5.69 Å². The zero-order valence-corrected chi connectivity index (χ0v) is 16.9. The van der Waals surface area contributed by atoms with Crippen LogP contribution in [0.1, 0.15) is 47.9 Å². The largest absolute Gasteiger partial charge is 0.260 e. The molecule has 27 heavy (non-hydrogen) atoms. The van der Waals surface area contributed by atoms with Crippen molar-refractivity contribution in [2.75, 3.05) is 0 Å². The van der Waals surface area contributed by atoms with E-state index in [1.807, 2.05) is 0 Å². The lowest BCUT2D eigenvalue weighted by Crippen LogP contribution is -2.20. The Bertz CT molecular complexity index is 1020. The van der Waals surface area contributed by atoms with E-state index in [-0.39, 0.29) is 5.41 Å². The number of aryl methyl sites for hydroxylation is 1. The summed E-state index contributed by atoms with van der Waals surface area (Å²) in [6, 6.07) is 19.1. The molecular weight excluding hydrogens is 350 g/mol. The van der Waals surface area contributed by atoms with Crippen LogP contribution in [0, 0.1) is 6.92 Å². The monoisotopic (exact) mass is 373 g/mol. The number of nitrogens with one attached hydrogen (secondary N) is 1. The molecule has 0 bridgehead atoms. The molecule has 3 aromatic rings. The van der Waals surface area contributed by atoms with E-state index in [0.29, 0.717) is 0 Å². The first kappa shape index (κ1) is 17.7. The quantitative estimate of drug-likeness (QED) is 0.606. The van der Waals surface area contributed by atoms with Crippen LogP contribution in [0.25, 0.3) is 0 Å². The summed E-state index contributed by atoms with van der Waals surface area (Å²) >= 11 is 1.69. The predicted molar refractivity (Wildman–Crippen MR) is 116 cm³/mol. The molecule has 1 aromatic heterocycles. The Labute approximate surface area is 164 Å². The fourth-order valence-electron chi connectivity index (χ4n) is 3.11. The van der Waals surface area contributed by atoms with Gasteiger partial charge in [-0.05, 0) is 41.5 Å². The molecule has 4 heteroatoms. The SMILES string of the molecule is Cc1ccc2c(c1)C(c1cccs1)=NNC(c1ccc(C(C)(C)C)cc1)=N2. The Morgan fingerprint density at radius 2 is 1.74 bits per heavy atom. The fourth-order valence-corrected chi connectivity index (χ4v) is 3.84. The van der Waals surface area contributed by atoms with E-state index < -0.39 is 0 Å². The summed E-state index contributed by atoms with van der Waals surface area (Å²) < 4.78 is 0. The zero-order chi connectivity index (χ0) is 19.0. The lowest BCUT2D eigenvalue weighted by Gasteiger charge is -2.19. The van der Waals surface area contributed by atoms with Gasteiger partial charge in [0.1, 0.15) is 5.71 Å². The summed E-state index contributed by atoms with van der Waals surface area (Å²) in [6.45, 7) is 8.76. The average Bonchev–Trinajstić information content (AvgIpc) is 3.10. The highest BCUT2D eigenvalue weighted by Gasteiger charge is 2.19. The van der Waals surface area contributed by atoms with Gasteiger partial charge in [-0.1, -0.05) is 62.7 Å². The highest BCUT2D eigenvalue weighted by atomic mass is 32.1. The maximum atomic E-state index is 4.90. The van der Waals surface area contributed by atoms with Crippen molar-refractivity contribution < 1.29 is 0 Å². The van der Waals surface area contributed by atoms with Gasteiger partial charge < -0.3 is 0 Å². The van der Waals surface area contributed by atoms with Gasteiger partial charge in [-0.15, -0.1) is 11.3 Å². The van der Waals surface area contributed by atoms with E-state index in [1.54, 1.807) is 11.3 Å². The van der Waals surface area contributed by atoms with Gasteiger partial charge in [0.15, 0.2) is 5.84 Å². The normalized spacial score (nSPS) is 13.9. The van der Waals surface area contributed by atoms with Crippen LogP contribution >= 0.6 is 11.3 Å². The molecule has 0 saturated heterocycles. The molecule has 4 rings (SSSR count). The number of benzene rings is 2. The molecule has 0 radical (unpaired) electrons. The smallest absolute Gasteiger partial charge is 0.154 e. The highest BCUT2D eigenvalue weighted by Crippen LogP contribution is 2.29. The number of thiophene rings is 1. The zero-order valence-electron chi connectivity index (χ0n) is 16.1. The van der Waals surface area contributed by atoms with Crippen LogP contribution < -0.4 is 5.43 Å². The Morgan fingerprint density at radius 1 is 0.963 bits per heavy atom. The molecule has 0 unspecified atom stereocenters. The average molecular weight is 374 g/mol. The lowest BCUT2D eigenvalue weighted by molar-refractivity contribution is 0.590. The van der Waals surface area contributed by atoms with Crippen LogP contribution in [0.2, 0.25) is 0 Å². The van der Waals surface area contributed by atoms with Crippen molar-refractivity contribution in [1.82, 2.24) is 5.43 Å². The van der Waals surface area contributed by atoms with Crippen LogP contribution in [-0.2, 0) is 5.41 Å². The highest BCUT2D eigenvalue weighted by molar-refractivity contribution is 7.12. The molecule has 0 atom stereocenters. The summed E-state index contributed by atoms with van der Waals surface area (Å²) in [5, 5.41) is 6.80. The van der Waals surface area contributed by atoms with E-state index in [4.69, 9.17) is 10.1 Å². The van der Waals surface area contributed by atoms with Crippen molar-refractivity contribution in [3.8, 4) is 0 Å². The van der Waals surface area contributed by atoms with Crippen molar-refractivity contribution in [2.45, 2.75) is 33.1 Å². The van der Waals surface area contributed by atoms with Crippen molar-refractivity contribution in [1.29, 1.82) is 0 Å². The lowest BCUT2D eigenvalue weighted by atomic mass is 9.86. The first-order chi connectivity index (χ1) is 12.9. The van der Waals surface area contributed by atoms with E-state index >= 15 is 0 Å². The Kier molecular flexibility index (Phi) is 4.44. The second-order valence-electron chi connectivity index (χ2n) is 7.86. The minimum Gasteiger partial charge on any atom is -0.260 e. The number of hydrogen-bond donors (Lipinski definition) is 1. The third kappa shape index (κ3) is 3.58. The molecule has 1 aliphatic heterocycles. The molecule has 2 aromatic carbocycles. The molecule has 0 saturated carbocycles. The second kappa shape index (κ2) is 6.78. The number of hydrogen-bond acceptors (Lipinski definition) is 4. The van der Waals surface area contributed by atoms with E-state index in [2.05, 4.69) is 93.1 Å². The maximum Gasteiger partial charge on any atom is 0.154 e. The van der Waals surface area contributed by atoms with Crippen molar-refractivity contribution in [3.63, 3.8) is 0 Å². The first-order valence-electron chi connectivity index (χ1n) is 9.10. The van der Waals surface area contributed by atoms with Crippen LogP contribution in [0.15, 0.2) is 70.1 Å². The molecule has 3 nitrogen and oxygen atoms in total. The summed E-state index contributed by atoms with van der Waals surface area (Å²) in [5.74, 6) is 0.770. The fraction of sp³-hybridized carbons (Fsp3) is 0.217. The number of nitrogens with zero attached hydrogens (tertiary/aromatic N) is 2. The van der Waals surface area contributed by atoms with Gasteiger partial charge in [0, 0.05) is 11.1 Å². The van der Waals surface area contributed by atoms with Crippen LogP contribution in [-0.4, -0.2) is 11.5 Å². The van der Waals surface area contributed by atoms with Crippen LogP contribution in [0.3, 0.4) is 0 Å². The topological polar surface area (TPSA) is 36.8 Å². The summed E-state index contributed by atoms with van der Waals surface area (Å²) in [5.41, 5.74) is 9.81. The Morgan fingerprint density at radius 3 is 2.41 bits per heavy atom. The molecule has 2 heterocycles. The van der Waals surface area contributed by atoms with Crippen molar-refractivity contribution in [3.05, 3.63) is 87.1 Å². The summed E-state index contributed by atoms with van der Waals surface area (Å²) in [6.07, 6.45) is 0. The predicted octanol–water partition coefficient (Wildman–Crippen LogP) is 5.79. The molecular formula is C23H23N3S. The summed E-state index contributed by atoms with van der Waals surface area (Å²) in [4.78, 5) is 6.03. The molecule has 0 aliphatic carbocycles. The van der Waals surface area contributed by atoms with Gasteiger partial charge in [-0.25, -0.2) is 4.99 Å². The van der Waals surface area contributed by atoms with Gasteiger partial charge in [-0.3, -0.25) is 5.43 Å². The molecule has 1 N–H and O–H groups in total. The minimum atomic E-state index is 0.131. The number of amidine groups is 1. The Hall–Kier alpha value is -2.72. The van der Waals surface area contributed by atoms with E-state index in [0.717, 1.165) is 33.2 Å². The van der Waals surface area contributed by atoms with Crippen LogP contribution in [0.5, 0.6) is 0 Å². The standard InChI is InChI=1S/C23H23N3S/c1-15-7-12-19-18(14-15)21(20-6-5-13-27-20)25-26-22(24-19)16-8-10-17(11-9-16)23(2,3)4/h5-14H,1-4H3,(H,24,26). The van der Waals surface area contributed by atoms with Gasteiger partial charge >= 0.3 is 0 Å². The number of rotatable bonds is 2. The first-order valence-corrected chi connectivity index (χ1v) is 9.98. The van der Waals surface area contributed by atoms with Crippen molar-refractivity contribution in [2.24, 2.45) is 10.1 Å². The molecule has 0 fully saturated rings. The van der Waals surface area contributed by atoms with E-state index in [9.17, 15) is 0 Å². The summed E-state index contributed by atoms with van der Waals surface area (Å²) in [7, 11) is 0. The van der Waals surface area contributed by atoms with Gasteiger partial charge in [0.25, 0.3) is 0 Å². The van der Waals surface area contributed by atoms with Gasteiger partial charge in [-0.2, -0.15) is 5.10 Å². The van der Waals surface area contributed by atoms with Crippen molar-refractivity contribution >= 4 is 28.6 Å². The molecule has 1 aliphatic rings. The maximum absolute atomic E-state index is 4.90. The number of fused-ring (bicyclic) bond motifs is 1. The molecule has 0 spiro atoms. The number of aliphatic imine (C=N–C) groups is 1. The minimum absolute atomic E-state index is 0.131. The number of hydrazone groups is 1. The molecule has 136 valence electrons. The van der Waals surface area contributed by atoms with Gasteiger partial charge in [0.2, 0.25) is 0 Å². The third-order valence-corrected chi connectivity index (χ3v) is 5.57. The molecule has 0 amide bonds. The Balaban J connectivity index is 1.79. The van der Waals surface area contributed by atoms with Gasteiger partial charge in [0.05, 0.1) is 10.6 Å².